The molecule has 1 unspecified atom stereocenters. The van der Waals surface area contributed by atoms with E-state index in [0.717, 1.165) is 26.2 Å². The van der Waals surface area contributed by atoms with Crippen molar-refractivity contribution in [3.63, 3.8) is 0 Å². The maximum atomic E-state index is 11.0. The molecule has 1 saturated heterocycles. The maximum absolute atomic E-state index is 11.0. The minimum atomic E-state index is -0.564. The van der Waals surface area contributed by atoms with Gasteiger partial charge < -0.3 is 16.4 Å². The predicted molar refractivity (Wildman–Crippen MR) is 77.0 cm³/mol. The molecule has 0 bridgehead atoms. The van der Waals surface area contributed by atoms with Crippen LogP contribution in [0, 0.1) is 6.92 Å². The molecule has 19 heavy (non-hydrogen) atoms. The normalized spacial score (nSPS) is 18.3. The molecule has 2 rings (SSSR count). The van der Waals surface area contributed by atoms with Gasteiger partial charge in [-0.25, -0.2) is 0 Å². The van der Waals surface area contributed by atoms with E-state index in [4.69, 9.17) is 11.5 Å². The fourth-order valence-electron chi connectivity index (χ4n) is 2.38. The maximum Gasteiger partial charge on any atom is 0.235 e. The zero-order chi connectivity index (χ0) is 13.8. The van der Waals surface area contributed by atoms with Crippen LogP contribution in [-0.4, -0.2) is 49.6 Å². The van der Waals surface area contributed by atoms with Crippen molar-refractivity contribution in [1.29, 1.82) is 0 Å². The third-order valence-corrected chi connectivity index (χ3v) is 3.56. The highest BCUT2D eigenvalue weighted by molar-refractivity contribution is 5.79. The number of hydrogen-bond acceptors (Lipinski definition) is 4. The molecule has 0 saturated carbocycles. The van der Waals surface area contributed by atoms with Crippen molar-refractivity contribution >= 4 is 11.6 Å². The summed E-state index contributed by atoms with van der Waals surface area (Å²) in [5, 5.41) is 0. The van der Waals surface area contributed by atoms with Crippen LogP contribution in [0.1, 0.15) is 5.56 Å². The summed E-state index contributed by atoms with van der Waals surface area (Å²) in [6.07, 6.45) is 0. The van der Waals surface area contributed by atoms with Gasteiger partial charge in [-0.05, 0) is 24.6 Å². The van der Waals surface area contributed by atoms with Gasteiger partial charge in [0.25, 0.3) is 0 Å². The fourth-order valence-corrected chi connectivity index (χ4v) is 2.38. The minimum Gasteiger partial charge on any atom is -0.369 e. The average Bonchev–Trinajstić information content (AvgIpc) is 2.39. The average molecular weight is 262 g/mol. The second-order valence-electron chi connectivity index (χ2n) is 5.14. The molecule has 0 radical (unpaired) electrons. The van der Waals surface area contributed by atoms with Crippen molar-refractivity contribution in [1.82, 2.24) is 4.90 Å². The van der Waals surface area contributed by atoms with E-state index in [1.165, 1.54) is 11.3 Å². The zero-order valence-electron chi connectivity index (χ0n) is 11.4. The molecule has 1 aliphatic rings. The highest BCUT2D eigenvalue weighted by Crippen LogP contribution is 2.17. The second-order valence-corrected chi connectivity index (χ2v) is 5.14. The summed E-state index contributed by atoms with van der Waals surface area (Å²) in [6.45, 7) is 6.39. The molecule has 5 heteroatoms. The van der Waals surface area contributed by atoms with Crippen LogP contribution in [0.3, 0.4) is 0 Å². The summed E-state index contributed by atoms with van der Waals surface area (Å²) in [6, 6.07) is 7.96. The molecule has 1 fully saturated rings. The van der Waals surface area contributed by atoms with Gasteiger partial charge in [0.1, 0.15) is 0 Å². The van der Waals surface area contributed by atoms with Crippen LogP contribution in [0.15, 0.2) is 24.3 Å². The topological polar surface area (TPSA) is 75.6 Å². The van der Waals surface area contributed by atoms with E-state index in [1.54, 1.807) is 0 Å². The summed E-state index contributed by atoms with van der Waals surface area (Å²) in [5.41, 5.74) is 13.4. The SMILES string of the molecule is Cc1cccc(N2CCN(CC(N)C(N)=O)CC2)c1. The lowest BCUT2D eigenvalue weighted by molar-refractivity contribution is -0.119. The number of hydrogen-bond donors (Lipinski definition) is 2. The monoisotopic (exact) mass is 262 g/mol. The molecular weight excluding hydrogens is 240 g/mol. The van der Waals surface area contributed by atoms with Crippen molar-refractivity contribution in [2.75, 3.05) is 37.6 Å². The summed E-state index contributed by atoms with van der Waals surface area (Å²) in [5.74, 6) is -0.430. The predicted octanol–water partition coefficient (Wildman–Crippen LogP) is -0.0704. The summed E-state index contributed by atoms with van der Waals surface area (Å²) in [4.78, 5) is 15.5. The van der Waals surface area contributed by atoms with Crippen LogP contribution in [0.4, 0.5) is 5.69 Å². The molecule has 0 aromatic heterocycles. The van der Waals surface area contributed by atoms with Crippen LogP contribution in [0.5, 0.6) is 0 Å². The van der Waals surface area contributed by atoms with Gasteiger partial charge in [0.05, 0.1) is 6.04 Å². The van der Waals surface area contributed by atoms with Crippen molar-refractivity contribution in [3.8, 4) is 0 Å². The van der Waals surface area contributed by atoms with E-state index in [1.807, 2.05) is 0 Å². The van der Waals surface area contributed by atoms with E-state index < -0.39 is 11.9 Å². The van der Waals surface area contributed by atoms with Crippen molar-refractivity contribution < 1.29 is 4.79 Å². The first-order valence-electron chi connectivity index (χ1n) is 6.65. The summed E-state index contributed by atoms with van der Waals surface area (Å²) in [7, 11) is 0. The van der Waals surface area contributed by atoms with Gasteiger partial charge in [0.15, 0.2) is 0 Å². The fraction of sp³-hybridized carbons (Fsp3) is 0.500. The van der Waals surface area contributed by atoms with E-state index in [0.29, 0.717) is 6.54 Å². The van der Waals surface area contributed by atoms with Gasteiger partial charge in [-0.15, -0.1) is 0 Å². The van der Waals surface area contributed by atoms with Crippen LogP contribution in [0.2, 0.25) is 0 Å². The molecule has 1 heterocycles. The highest BCUT2D eigenvalue weighted by atomic mass is 16.1. The Morgan fingerprint density at radius 3 is 2.58 bits per heavy atom. The van der Waals surface area contributed by atoms with Gasteiger partial charge in [-0.2, -0.15) is 0 Å². The Bertz CT molecular complexity index is 441. The van der Waals surface area contributed by atoms with E-state index in [-0.39, 0.29) is 0 Å². The molecule has 0 spiro atoms. The number of carbonyl (C=O) groups excluding carboxylic acids is 1. The number of primary amides is 1. The quantitative estimate of drug-likeness (QED) is 0.796. The lowest BCUT2D eigenvalue weighted by atomic mass is 10.2. The molecule has 5 nitrogen and oxygen atoms in total. The minimum absolute atomic E-state index is 0.430. The number of anilines is 1. The Morgan fingerprint density at radius 1 is 1.32 bits per heavy atom. The Balaban J connectivity index is 1.87. The molecule has 1 atom stereocenters. The van der Waals surface area contributed by atoms with E-state index >= 15 is 0 Å². The Kier molecular flexibility index (Phi) is 4.39. The molecule has 1 aliphatic heterocycles. The number of benzene rings is 1. The van der Waals surface area contributed by atoms with Gasteiger partial charge in [-0.3, -0.25) is 9.69 Å². The first-order chi connectivity index (χ1) is 9.06. The number of rotatable bonds is 4. The van der Waals surface area contributed by atoms with Gasteiger partial charge >= 0.3 is 0 Å². The third kappa shape index (κ3) is 3.68. The van der Waals surface area contributed by atoms with Crippen molar-refractivity contribution in [2.24, 2.45) is 11.5 Å². The van der Waals surface area contributed by atoms with Gasteiger partial charge in [0.2, 0.25) is 5.91 Å². The summed E-state index contributed by atoms with van der Waals surface area (Å²) < 4.78 is 0. The second kappa shape index (κ2) is 6.04. The van der Waals surface area contributed by atoms with Gasteiger partial charge in [-0.1, -0.05) is 12.1 Å². The van der Waals surface area contributed by atoms with E-state index in [9.17, 15) is 4.79 Å². The van der Waals surface area contributed by atoms with Crippen molar-refractivity contribution in [3.05, 3.63) is 29.8 Å². The number of nitrogens with two attached hydrogens (primary N) is 2. The lowest BCUT2D eigenvalue weighted by Crippen LogP contribution is -2.52. The van der Waals surface area contributed by atoms with Crippen LogP contribution in [-0.2, 0) is 4.79 Å². The number of aryl methyl sites for hydroxylation is 1. The van der Waals surface area contributed by atoms with Crippen LogP contribution >= 0.6 is 0 Å². The van der Waals surface area contributed by atoms with Crippen LogP contribution in [0.25, 0.3) is 0 Å². The molecule has 104 valence electrons. The third-order valence-electron chi connectivity index (χ3n) is 3.56. The molecule has 1 aromatic rings. The Morgan fingerprint density at radius 2 is 2.00 bits per heavy atom. The Labute approximate surface area is 114 Å². The number of amides is 1. The lowest BCUT2D eigenvalue weighted by Gasteiger charge is -2.36. The number of nitrogens with zero attached hydrogens (tertiary/aromatic N) is 2. The standard InChI is InChI=1S/C14H22N4O/c1-11-3-2-4-12(9-11)18-7-5-17(6-8-18)10-13(15)14(16)19/h2-4,9,13H,5-8,10,15H2,1H3,(H2,16,19). The largest absolute Gasteiger partial charge is 0.369 e. The van der Waals surface area contributed by atoms with Crippen LogP contribution < -0.4 is 16.4 Å². The number of piperazine rings is 1. The summed E-state index contributed by atoms with van der Waals surface area (Å²) >= 11 is 0. The molecule has 1 amide bonds. The first kappa shape index (κ1) is 13.8. The van der Waals surface area contributed by atoms with Gasteiger partial charge in [0, 0.05) is 38.4 Å². The zero-order valence-corrected chi connectivity index (χ0v) is 11.4. The molecule has 1 aromatic carbocycles. The molecule has 0 aliphatic carbocycles. The highest BCUT2D eigenvalue weighted by Gasteiger charge is 2.20. The van der Waals surface area contributed by atoms with Crippen molar-refractivity contribution in [2.45, 2.75) is 13.0 Å². The smallest absolute Gasteiger partial charge is 0.235 e. The molecular formula is C14H22N4O. The first-order valence-corrected chi connectivity index (χ1v) is 6.65. The molecule has 4 N–H and O–H groups in total. The number of carbonyl (C=O) groups is 1. The van der Waals surface area contributed by atoms with E-state index in [2.05, 4.69) is 41.0 Å². The Hall–Kier alpha value is -1.59.